The van der Waals surface area contributed by atoms with E-state index >= 15 is 0 Å². The smallest absolute Gasteiger partial charge is 0.0546 e. The van der Waals surface area contributed by atoms with Gasteiger partial charge < -0.3 is 5.11 Å². The molecular formula is C7H13ClO. The lowest BCUT2D eigenvalue weighted by molar-refractivity contribution is 0.159. The molecule has 0 amide bonds. The highest BCUT2D eigenvalue weighted by atomic mass is 35.5. The Morgan fingerprint density at radius 2 is 1.56 bits per heavy atom. The van der Waals surface area contributed by atoms with Crippen molar-refractivity contribution >= 4 is 12.4 Å². The molecule has 0 atom stereocenters. The molecule has 0 aromatic rings. The molecule has 0 bridgehead atoms. The number of rotatable bonds is 0. The van der Waals surface area contributed by atoms with Crippen LogP contribution in [0.2, 0.25) is 0 Å². The summed E-state index contributed by atoms with van der Waals surface area (Å²) >= 11 is 0. The Balaban J connectivity index is 0.000000640. The van der Waals surface area contributed by atoms with Crippen LogP contribution in [0.4, 0.5) is 0 Å². The highest BCUT2D eigenvalue weighted by Crippen LogP contribution is 2.10. The van der Waals surface area contributed by atoms with Crippen LogP contribution in [0.25, 0.3) is 0 Å². The highest BCUT2D eigenvalue weighted by Gasteiger charge is 2.02. The summed E-state index contributed by atoms with van der Waals surface area (Å²) in [7, 11) is 0. The van der Waals surface area contributed by atoms with E-state index in [0.29, 0.717) is 0 Å². The first-order chi connectivity index (χ1) is 3.89. The Morgan fingerprint density at radius 3 is 2.00 bits per heavy atom. The van der Waals surface area contributed by atoms with Crippen LogP contribution in [0.1, 0.15) is 25.7 Å². The zero-order chi connectivity index (χ0) is 5.82. The van der Waals surface area contributed by atoms with Crippen LogP contribution < -0.4 is 0 Å². The van der Waals surface area contributed by atoms with Gasteiger partial charge >= 0.3 is 0 Å². The monoisotopic (exact) mass is 148 g/mol. The minimum atomic E-state index is -0.0370. The summed E-state index contributed by atoms with van der Waals surface area (Å²) in [6, 6.07) is 0. The molecule has 2 heteroatoms. The molecule has 0 spiro atoms. The average Bonchev–Trinajstić information content (AvgIpc) is 1.94. The predicted molar refractivity (Wildman–Crippen MR) is 40.9 cm³/mol. The van der Waals surface area contributed by atoms with E-state index in [-0.39, 0.29) is 18.5 Å². The van der Waals surface area contributed by atoms with Gasteiger partial charge in [-0.05, 0) is 25.7 Å². The van der Waals surface area contributed by atoms with Crippen molar-refractivity contribution in [2.24, 2.45) is 0 Å². The van der Waals surface area contributed by atoms with Crippen LogP contribution in [-0.2, 0) is 0 Å². The third-order valence-corrected chi connectivity index (χ3v) is 1.50. The SMILES string of the molecule is Cl.OC1CCC=CCC1. The van der Waals surface area contributed by atoms with E-state index in [9.17, 15) is 0 Å². The molecule has 0 heterocycles. The lowest BCUT2D eigenvalue weighted by atomic mass is 10.2. The Bertz CT molecular complexity index is 80.9. The van der Waals surface area contributed by atoms with Crippen molar-refractivity contribution in [1.29, 1.82) is 0 Å². The molecule has 0 unspecified atom stereocenters. The van der Waals surface area contributed by atoms with Crippen molar-refractivity contribution in [2.75, 3.05) is 0 Å². The molecule has 1 N–H and O–H groups in total. The molecule has 1 aliphatic rings. The van der Waals surface area contributed by atoms with Crippen LogP contribution in [-0.4, -0.2) is 11.2 Å². The van der Waals surface area contributed by atoms with Gasteiger partial charge in [0.15, 0.2) is 0 Å². The lowest BCUT2D eigenvalue weighted by Gasteiger charge is -2.02. The number of aliphatic hydroxyl groups excluding tert-OH is 1. The molecule has 0 saturated heterocycles. The molecule has 0 fully saturated rings. The van der Waals surface area contributed by atoms with Crippen molar-refractivity contribution in [3.63, 3.8) is 0 Å². The molecular weight excluding hydrogens is 136 g/mol. The van der Waals surface area contributed by atoms with Crippen molar-refractivity contribution in [2.45, 2.75) is 31.8 Å². The second-order valence-electron chi connectivity index (χ2n) is 2.28. The van der Waals surface area contributed by atoms with Gasteiger partial charge in [0.25, 0.3) is 0 Å². The third kappa shape index (κ3) is 3.55. The number of aliphatic hydroxyl groups is 1. The molecule has 0 saturated carbocycles. The van der Waals surface area contributed by atoms with Crippen LogP contribution in [0.5, 0.6) is 0 Å². The largest absolute Gasteiger partial charge is 0.393 e. The van der Waals surface area contributed by atoms with Crippen LogP contribution in [0, 0.1) is 0 Å². The first-order valence-electron chi connectivity index (χ1n) is 3.22. The van der Waals surface area contributed by atoms with Crippen molar-refractivity contribution in [3.8, 4) is 0 Å². The van der Waals surface area contributed by atoms with E-state index in [4.69, 9.17) is 5.11 Å². The number of halogens is 1. The van der Waals surface area contributed by atoms with Crippen LogP contribution in [0.3, 0.4) is 0 Å². The average molecular weight is 149 g/mol. The fourth-order valence-electron chi connectivity index (χ4n) is 0.957. The molecule has 1 rings (SSSR count). The van der Waals surface area contributed by atoms with Gasteiger partial charge in [-0.15, -0.1) is 12.4 Å². The quantitative estimate of drug-likeness (QED) is 0.521. The number of hydrogen-bond acceptors (Lipinski definition) is 1. The van der Waals surface area contributed by atoms with Crippen molar-refractivity contribution in [3.05, 3.63) is 12.2 Å². The lowest BCUT2D eigenvalue weighted by Crippen LogP contribution is -2.02. The van der Waals surface area contributed by atoms with Crippen LogP contribution >= 0.6 is 12.4 Å². The number of allylic oxidation sites excluding steroid dienone is 2. The van der Waals surface area contributed by atoms with Gasteiger partial charge in [0.1, 0.15) is 0 Å². The highest BCUT2D eigenvalue weighted by molar-refractivity contribution is 5.85. The molecule has 0 aromatic carbocycles. The molecule has 9 heavy (non-hydrogen) atoms. The van der Waals surface area contributed by atoms with Gasteiger partial charge in [-0.3, -0.25) is 0 Å². The standard InChI is InChI=1S/C7H12O.ClH/c8-7-5-3-1-2-4-6-7;/h1-2,7-8H,3-6H2;1H. The summed E-state index contributed by atoms with van der Waals surface area (Å²) in [5.41, 5.74) is 0. The molecule has 0 aliphatic heterocycles. The predicted octanol–water partition coefficient (Wildman–Crippen LogP) is 1.90. The fourth-order valence-corrected chi connectivity index (χ4v) is 0.957. The minimum absolute atomic E-state index is 0. The summed E-state index contributed by atoms with van der Waals surface area (Å²) in [6.07, 6.45) is 8.28. The minimum Gasteiger partial charge on any atom is -0.393 e. The van der Waals surface area contributed by atoms with Crippen molar-refractivity contribution < 1.29 is 5.11 Å². The van der Waals surface area contributed by atoms with E-state index in [2.05, 4.69) is 12.2 Å². The van der Waals surface area contributed by atoms with Gasteiger partial charge in [0.05, 0.1) is 6.10 Å². The summed E-state index contributed by atoms with van der Waals surface area (Å²) in [4.78, 5) is 0. The van der Waals surface area contributed by atoms with E-state index in [0.717, 1.165) is 25.7 Å². The van der Waals surface area contributed by atoms with E-state index in [1.54, 1.807) is 0 Å². The Kier molecular flexibility index (Phi) is 4.83. The Hall–Kier alpha value is -0.0100. The van der Waals surface area contributed by atoms with E-state index in [1.807, 2.05) is 0 Å². The molecule has 54 valence electrons. The summed E-state index contributed by atoms with van der Waals surface area (Å²) < 4.78 is 0. The topological polar surface area (TPSA) is 20.2 Å². The maximum Gasteiger partial charge on any atom is 0.0546 e. The van der Waals surface area contributed by atoms with Gasteiger partial charge in [-0.2, -0.15) is 0 Å². The maximum absolute atomic E-state index is 9.05. The summed E-state index contributed by atoms with van der Waals surface area (Å²) in [5.74, 6) is 0. The van der Waals surface area contributed by atoms with Gasteiger partial charge in [0.2, 0.25) is 0 Å². The molecule has 0 aromatic heterocycles. The third-order valence-electron chi connectivity index (χ3n) is 1.50. The second kappa shape index (κ2) is 4.83. The number of hydrogen-bond donors (Lipinski definition) is 1. The molecule has 1 nitrogen and oxygen atoms in total. The molecule has 0 radical (unpaired) electrons. The van der Waals surface area contributed by atoms with Gasteiger partial charge in [-0.1, -0.05) is 12.2 Å². The normalized spacial score (nSPS) is 20.6. The zero-order valence-electron chi connectivity index (χ0n) is 5.42. The van der Waals surface area contributed by atoms with E-state index < -0.39 is 0 Å². The zero-order valence-corrected chi connectivity index (χ0v) is 6.23. The first kappa shape index (κ1) is 8.99. The summed E-state index contributed by atoms with van der Waals surface area (Å²) in [5, 5.41) is 9.05. The van der Waals surface area contributed by atoms with Gasteiger partial charge in [0, 0.05) is 0 Å². The summed E-state index contributed by atoms with van der Waals surface area (Å²) in [6.45, 7) is 0. The Labute approximate surface area is 62.2 Å². The first-order valence-corrected chi connectivity index (χ1v) is 3.22. The molecule has 1 aliphatic carbocycles. The van der Waals surface area contributed by atoms with Gasteiger partial charge in [-0.25, -0.2) is 0 Å². The Morgan fingerprint density at radius 1 is 1.11 bits per heavy atom. The van der Waals surface area contributed by atoms with Crippen LogP contribution in [0.15, 0.2) is 12.2 Å². The van der Waals surface area contributed by atoms with Crippen molar-refractivity contribution in [1.82, 2.24) is 0 Å². The fraction of sp³-hybridized carbons (Fsp3) is 0.714. The maximum atomic E-state index is 9.05. The van der Waals surface area contributed by atoms with E-state index in [1.165, 1.54) is 0 Å². The second-order valence-corrected chi connectivity index (χ2v) is 2.28.